The highest BCUT2D eigenvalue weighted by atomic mass is 32.2. The van der Waals surface area contributed by atoms with E-state index in [1.807, 2.05) is 6.92 Å². The van der Waals surface area contributed by atoms with Gasteiger partial charge in [0.1, 0.15) is 0 Å². The highest BCUT2D eigenvalue weighted by Gasteiger charge is 2.35. The Labute approximate surface area is 107 Å². The van der Waals surface area contributed by atoms with Crippen LogP contribution < -0.4 is 4.72 Å². The van der Waals surface area contributed by atoms with Gasteiger partial charge in [0.05, 0.1) is 6.54 Å². The van der Waals surface area contributed by atoms with Crippen LogP contribution in [-0.2, 0) is 15.0 Å². The number of carboxylic acid groups (broad SMARTS) is 1. The molecule has 0 aliphatic carbocycles. The third-order valence-electron chi connectivity index (χ3n) is 3.11. The molecule has 1 aliphatic rings. The van der Waals surface area contributed by atoms with Gasteiger partial charge in [-0.05, 0) is 26.7 Å². The quantitative estimate of drug-likeness (QED) is 0.631. The molecule has 8 heteroatoms. The first-order valence-corrected chi connectivity index (χ1v) is 7.33. The fourth-order valence-corrected chi connectivity index (χ4v) is 3.40. The summed E-state index contributed by atoms with van der Waals surface area (Å²) in [6.07, 6.45) is 2.57. The van der Waals surface area contributed by atoms with Crippen molar-refractivity contribution in [1.82, 2.24) is 9.03 Å². The molecule has 0 aromatic carbocycles. The number of piperidine rings is 1. The average Bonchev–Trinajstić information content (AvgIpc) is 2.27. The zero-order valence-electron chi connectivity index (χ0n) is 10.6. The van der Waals surface area contributed by atoms with Crippen molar-refractivity contribution in [2.75, 3.05) is 13.1 Å². The van der Waals surface area contributed by atoms with Crippen LogP contribution in [0, 0.1) is 0 Å². The van der Waals surface area contributed by atoms with Crippen molar-refractivity contribution in [3.05, 3.63) is 0 Å². The fraction of sp³-hybridized carbons (Fsp3) is 0.900. The van der Waals surface area contributed by atoms with Gasteiger partial charge < -0.3 is 10.2 Å². The topological polar surface area (TPSA) is 107 Å². The predicted molar refractivity (Wildman–Crippen MR) is 65.2 cm³/mol. The van der Waals surface area contributed by atoms with E-state index in [-0.39, 0.29) is 6.04 Å². The maximum atomic E-state index is 12.0. The van der Waals surface area contributed by atoms with Crippen molar-refractivity contribution < 1.29 is 23.4 Å². The van der Waals surface area contributed by atoms with Gasteiger partial charge in [-0.3, -0.25) is 0 Å². The number of rotatable bonds is 5. The largest absolute Gasteiger partial charge is 0.479 e. The lowest BCUT2D eigenvalue weighted by Crippen LogP contribution is -2.53. The van der Waals surface area contributed by atoms with E-state index in [1.54, 1.807) is 0 Å². The lowest BCUT2D eigenvalue weighted by atomic mass is 10.1. The molecule has 7 nitrogen and oxygen atoms in total. The Balaban J connectivity index is 2.67. The number of aliphatic carboxylic acids is 1. The second-order valence-corrected chi connectivity index (χ2v) is 6.57. The minimum atomic E-state index is -3.74. The summed E-state index contributed by atoms with van der Waals surface area (Å²) in [4.78, 5) is 10.7. The van der Waals surface area contributed by atoms with Crippen molar-refractivity contribution in [2.45, 2.75) is 44.8 Å². The molecule has 0 bridgehead atoms. The molecule has 0 saturated carbocycles. The number of nitrogens with zero attached hydrogens (tertiary/aromatic N) is 1. The molecule has 106 valence electrons. The van der Waals surface area contributed by atoms with Gasteiger partial charge in [0.15, 0.2) is 5.60 Å². The van der Waals surface area contributed by atoms with Gasteiger partial charge in [-0.2, -0.15) is 17.4 Å². The van der Waals surface area contributed by atoms with E-state index in [1.165, 1.54) is 4.31 Å². The standard InChI is InChI=1S/C10H20N2O5S/c1-8-5-3-4-6-12(8)18(16,17)11-7-10(2,15)9(13)14/h8,11,15H,3-7H2,1-2H3,(H,13,14). The van der Waals surface area contributed by atoms with E-state index < -0.39 is 28.3 Å². The molecule has 2 atom stereocenters. The van der Waals surface area contributed by atoms with E-state index in [4.69, 9.17) is 5.11 Å². The highest BCUT2D eigenvalue weighted by molar-refractivity contribution is 7.87. The van der Waals surface area contributed by atoms with Crippen molar-refractivity contribution in [3.8, 4) is 0 Å². The molecule has 0 aromatic heterocycles. The van der Waals surface area contributed by atoms with Crippen LogP contribution in [-0.4, -0.2) is 53.6 Å². The van der Waals surface area contributed by atoms with Gasteiger partial charge in [0.25, 0.3) is 10.2 Å². The number of carbonyl (C=O) groups is 1. The molecule has 3 N–H and O–H groups in total. The summed E-state index contributed by atoms with van der Waals surface area (Å²) in [5.74, 6) is -1.46. The van der Waals surface area contributed by atoms with Gasteiger partial charge in [-0.15, -0.1) is 0 Å². The first kappa shape index (κ1) is 15.4. The van der Waals surface area contributed by atoms with Gasteiger partial charge in [-0.25, -0.2) is 4.79 Å². The van der Waals surface area contributed by atoms with Crippen LogP contribution in [0.4, 0.5) is 0 Å². The SMILES string of the molecule is CC1CCCCN1S(=O)(=O)NCC(C)(O)C(=O)O. The molecule has 1 aliphatic heterocycles. The van der Waals surface area contributed by atoms with Gasteiger partial charge in [-0.1, -0.05) is 6.42 Å². The zero-order valence-corrected chi connectivity index (χ0v) is 11.4. The first-order chi connectivity index (χ1) is 8.17. The molecule has 0 aromatic rings. The van der Waals surface area contributed by atoms with E-state index in [0.717, 1.165) is 26.2 Å². The first-order valence-electron chi connectivity index (χ1n) is 5.89. The van der Waals surface area contributed by atoms with E-state index in [0.29, 0.717) is 6.54 Å². The van der Waals surface area contributed by atoms with E-state index in [9.17, 15) is 18.3 Å². The Kier molecular flexibility index (Phi) is 4.71. The van der Waals surface area contributed by atoms with Gasteiger partial charge >= 0.3 is 5.97 Å². The van der Waals surface area contributed by atoms with Gasteiger partial charge in [0.2, 0.25) is 0 Å². The summed E-state index contributed by atoms with van der Waals surface area (Å²) in [7, 11) is -3.74. The van der Waals surface area contributed by atoms with Crippen LogP contribution in [0.1, 0.15) is 33.1 Å². The summed E-state index contributed by atoms with van der Waals surface area (Å²) < 4.78 is 27.4. The van der Waals surface area contributed by atoms with Crippen molar-refractivity contribution in [1.29, 1.82) is 0 Å². The van der Waals surface area contributed by atoms with Crippen LogP contribution in [0.3, 0.4) is 0 Å². The summed E-state index contributed by atoms with van der Waals surface area (Å²) >= 11 is 0. The summed E-state index contributed by atoms with van der Waals surface area (Å²) in [6.45, 7) is 2.74. The average molecular weight is 280 g/mol. The smallest absolute Gasteiger partial charge is 0.336 e. The lowest BCUT2D eigenvalue weighted by Gasteiger charge is -2.32. The highest BCUT2D eigenvalue weighted by Crippen LogP contribution is 2.19. The van der Waals surface area contributed by atoms with Crippen LogP contribution >= 0.6 is 0 Å². The number of nitrogens with one attached hydrogen (secondary N) is 1. The summed E-state index contributed by atoms with van der Waals surface area (Å²) in [5.41, 5.74) is -2.11. The number of hydrogen-bond donors (Lipinski definition) is 3. The Bertz CT molecular complexity index is 406. The summed E-state index contributed by atoms with van der Waals surface area (Å²) in [5, 5.41) is 18.2. The number of carboxylic acids is 1. The Morgan fingerprint density at radius 1 is 1.50 bits per heavy atom. The van der Waals surface area contributed by atoms with E-state index >= 15 is 0 Å². The monoisotopic (exact) mass is 280 g/mol. The second-order valence-electron chi connectivity index (χ2n) is 4.86. The molecule has 1 rings (SSSR count). The Morgan fingerprint density at radius 2 is 2.11 bits per heavy atom. The minimum absolute atomic E-state index is 0.106. The molecule has 1 fully saturated rings. The van der Waals surface area contributed by atoms with Gasteiger partial charge in [0, 0.05) is 12.6 Å². The fourth-order valence-electron chi connectivity index (χ4n) is 1.82. The maximum absolute atomic E-state index is 12.0. The molecule has 0 spiro atoms. The lowest BCUT2D eigenvalue weighted by molar-refractivity contribution is -0.155. The molecule has 0 radical (unpaired) electrons. The molecule has 1 saturated heterocycles. The predicted octanol–water partition coefficient (Wildman–Crippen LogP) is -0.469. The number of aliphatic hydroxyl groups is 1. The van der Waals surface area contributed by atoms with E-state index in [2.05, 4.69) is 4.72 Å². The van der Waals surface area contributed by atoms with Crippen molar-refractivity contribution >= 4 is 16.2 Å². The molecule has 1 heterocycles. The van der Waals surface area contributed by atoms with Crippen LogP contribution in [0.25, 0.3) is 0 Å². The van der Waals surface area contributed by atoms with Crippen LogP contribution in [0.15, 0.2) is 0 Å². The van der Waals surface area contributed by atoms with Crippen LogP contribution in [0.2, 0.25) is 0 Å². The zero-order chi connectivity index (χ0) is 14.0. The molecular formula is C10H20N2O5S. The summed E-state index contributed by atoms with van der Waals surface area (Å²) in [6, 6.07) is -0.106. The Hall–Kier alpha value is -0.700. The second kappa shape index (κ2) is 5.52. The third kappa shape index (κ3) is 3.64. The molecule has 0 amide bonds. The van der Waals surface area contributed by atoms with Crippen LogP contribution in [0.5, 0.6) is 0 Å². The third-order valence-corrected chi connectivity index (χ3v) is 4.78. The minimum Gasteiger partial charge on any atom is -0.479 e. The Morgan fingerprint density at radius 3 is 2.61 bits per heavy atom. The normalized spacial score (nSPS) is 25.6. The molecular weight excluding hydrogens is 260 g/mol. The molecule has 18 heavy (non-hydrogen) atoms. The molecule has 2 unspecified atom stereocenters. The van der Waals surface area contributed by atoms with Crippen molar-refractivity contribution in [3.63, 3.8) is 0 Å². The number of hydrogen-bond acceptors (Lipinski definition) is 4. The maximum Gasteiger partial charge on any atom is 0.336 e. The van der Waals surface area contributed by atoms with Crippen molar-refractivity contribution in [2.24, 2.45) is 0 Å².